The molecule has 8 nitrogen and oxygen atoms in total. The minimum Gasteiger partial charge on any atom is -0.447 e. The Balaban J connectivity index is 1.40. The summed E-state index contributed by atoms with van der Waals surface area (Å²) in [5, 5.41) is 21.4. The lowest BCUT2D eigenvalue weighted by atomic mass is 10.1. The lowest BCUT2D eigenvalue weighted by molar-refractivity contribution is 0.107. The van der Waals surface area contributed by atoms with Gasteiger partial charge in [-0.25, -0.2) is 9.59 Å². The number of carbonyl (C=O) groups excluding carboxylic acids is 2. The van der Waals surface area contributed by atoms with Gasteiger partial charge in [0.1, 0.15) is 13.2 Å². The van der Waals surface area contributed by atoms with Gasteiger partial charge in [-0.3, -0.25) is 9.80 Å². The van der Waals surface area contributed by atoms with Crippen LogP contribution in [0.5, 0.6) is 0 Å². The Bertz CT molecular complexity index is 874. The quantitative estimate of drug-likeness (QED) is 0.614. The van der Waals surface area contributed by atoms with E-state index in [1.165, 1.54) is 22.0 Å². The molecule has 0 aromatic heterocycles. The Morgan fingerprint density at radius 3 is 1.50 bits per heavy atom. The van der Waals surface area contributed by atoms with Crippen LogP contribution in [-0.2, 0) is 22.6 Å². The number of cyclic esters (lactones) is 2. The zero-order valence-electron chi connectivity index (χ0n) is 17.5. The number of hydrogen-bond donors (Lipinski definition) is 2. The van der Waals surface area contributed by atoms with Crippen molar-refractivity contribution in [3.05, 3.63) is 83.9 Å². The number of rotatable bonds is 8. The molecule has 4 rings (SSSR count). The average Bonchev–Trinajstić information content (AvgIpc) is 3.36. The van der Waals surface area contributed by atoms with Crippen LogP contribution in [0, 0.1) is 0 Å². The van der Waals surface area contributed by atoms with E-state index in [-0.39, 0.29) is 13.2 Å². The second kappa shape index (κ2) is 9.84. The van der Waals surface area contributed by atoms with Crippen LogP contribution < -0.4 is 0 Å². The number of aliphatic hydroxyl groups is 2. The van der Waals surface area contributed by atoms with Gasteiger partial charge in [-0.2, -0.15) is 0 Å². The van der Waals surface area contributed by atoms with Crippen LogP contribution in [0.25, 0.3) is 0 Å². The maximum Gasteiger partial charge on any atom is 0.410 e. The molecule has 0 radical (unpaired) electrons. The molecule has 2 fully saturated rings. The second-order valence-electron chi connectivity index (χ2n) is 7.88. The van der Waals surface area contributed by atoms with Crippen molar-refractivity contribution in [3.63, 3.8) is 0 Å². The summed E-state index contributed by atoms with van der Waals surface area (Å²) in [4.78, 5) is 27.2. The van der Waals surface area contributed by atoms with E-state index in [1.807, 2.05) is 60.7 Å². The molecule has 4 atom stereocenters. The number of hydrogen-bond acceptors (Lipinski definition) is 6. The summed E-state index contributed by atoms with van der Waals surface area (Å²) in [5.41, 5.74) is 1.84. The molecule has 0 spiro atoms. The highest BCUT2D eigenvalue weighted by atomic mass is 16.6. The molecule has 2 amide bonds. The molecule has 2 aromatic carbocycles. The molecular weight excluding hydrogens is 412 g/mol. The molecule has 0 aliphatic carbocycles. The van der Waals surface area contributed by atoms with Crippen LogP contribution in [0.15, 0.2) is 72.8 Å². The molecule has 8 heteroatoms. The molecule has 0 saturated carbocycles. The van der Waals surface area contributed by atoms with Gasteiger partial charge in [0.2, 0.25) is 0 Å². The molecule has 2 aliphatic rings. The number of aliphatic hydroxyl groups excluding tert-OH is 2. The molecule has 2 saturated heterocycles. The normalized spacial score (nSPS) is 22.8. The lowest BCUT2D eigenvalue weighted by Gasteiger charge is -2.26. The van der Waals surface area contributed by atoms with Crippen molar-refractivity contribution in [1.82, 2.24) is 9.80 Å². The SMILES string of the molecule is O=C1OC[C@@H]([C@H](O)/C=C/[C@@H](O)[C@@H]2COC(=O)N2Cc2ccccc2)N1Cc1ccccc1. The standard InChI is InChI=1S/C24H26N2O6/c27-21(19-15-31-23(29)25(19)13-17-7-3-1-4-8-17)11-12-22(28)20-16-32-24(30)26(20)14-18-9-5-2-6-10-18/h1-12,19-22,27-28H,13-16H2/b12-11+/t19-,20-,21+,22+/m0/s1. The molecule has 0 bridgehead atoms. The maximum absolute atomic E-state index is 12.2. The van der Waals surface area contributed by atoms with Gasteiger partial charge < -0.3 is 19.7 Å². The van der Waals surface area contributed by atoms with Crippen molar-refractivity contribution < 1.29 is 29.3 Å². The Morgan fingerprint density at radius 1 is 0.750 bits per heavy atom. The van der Waals surface area contributed by atoms with E-state index in [4.69, 9.17) is 9.47 Å². The number of benzene rings is 2. The van der Waals surface area contributed by atoms with Crippen molar-refractivity contribution in [2.75, 3.05) is 13.2 Å². The zero-order chi connectivity index (χ0) is 22.5. The van der Waals surface area contributed by atoms with E-state index < -0.39 is 36.5 Å². The largest absolute Gasteiger partial charge is 0.447 e. The summed E-state index contributed by atoms with van der Waals surface area (Å²) in [6, 6.07) is 17.7. The van der Waals surface area contributed by atoms with Gasteiger partial charge in [-0.1, -0.05) is 72.8 Å². The van der Waals surface area contributed by atoms with Crippen molar-refractivity contribution >= 4 is 12.2 Å². The van der Waals surface area contributed by atoms with E-state index in [2.05, 4.69) is 0 Å². The van der Waals surface area contributed by atoms with Crippen molar-refractivity contribution in [3.8, 4) is 0 Å². The highest BCUT2D eigenvalue weighted by Gasteiger charge is 2.39. The maximum atomic E-state index is 12.2. The van der Waals surface area contributed by atoms with Crippen LogP contribution in [0.1, 0.15) is 11.1 Å². The van der Waals surface area contributed by atoms with Gasteiger partial charge in [-0.15, -0.1) is 0 Å². The summed E-state index contributed by atoms with van der Waals surface area (Å²) >= 11 is 0. The van der Waals surface area contributed by atoms with Crippen LogP contribution in [0.2, 0.25) is 0 Å². The molecule has 32 heavy (non-hydrogen) atoms. The van der Waals surface area contributed by atoms with Crippen molar-refractivity contribution in [1.29, 1.82) is 0 Å². The number of ether oxygens (including phenoxy) is 2. The molecule has 2 aliphatic heterocycles. The van der Waals surface area contributed by atoms with Crippen LogP contribution in [0.4, 0.5) is 9.59 Å². The third kappa shape index (κ3) is 4.92. The van der Waals surface area contributed by atoms with E-state index in [0.29, 0.717) is 13.1 Å². The monoisotopic (exact) mass is 438 g/mol. The Labute approximate surface area is 186 Å². The van der Waals surface area contributed by atoms with Gasteiger partial charge in [0.25, 0.3) is 0 Å². The van der Waals surface area contributed by atoms with Gasteiger partial charge in [0, 0.05) is 13.1 Å². The van der Waals surface area contributed by atoms with E-state index >= 15 is 0 Å². The average molecular weight is 438 g/mol. The topological polar surface area (TPSA) is 99.5 Å². The minimum atomic E-state index is -1.04. The van der Waals surface area contributed by atoms with Crippen molar-refractivity contribution in [2.24, 2.45) is 0 Å². The Morgan fingerprint density at radius 2 is 1.12 bits per heavy atom. The van der Waals surface area contributed by atoms with Crippen molar-refractivity contribution in [2.45, 2.75) is 37.4 Å². The fourth-order valence-corrected chi connectivity index (χ4v) is 3.90. The van der Waals surface area contributed by atoms with Crippen LogP contribution >= 0.6 is 0 Å². The first-order valence-corrected chi connectivity index (χ1v) is 10.5. The Kier molecular flexibility index (Phi) is 6.72. The van der Waals surface area contributed by atoms with Gasteiger partial charge in [0.15, 0.2) is 0 Å². The van der Waals surface area contributed by atoms with E-state index in [0.717, 1.165) is 11.1 Å². The highest BCUT2D eigenvalue weighted by Crippen LogP contribution is 2.22. The molecular formula is C24H26N2O6. The number of amides is 2. The summed E-state index contributed by atoms with van der Waals surface area (Å²) in [7, 11) is 0. The summed E-state index contributed by atoms with van der Waals surface area (Å²) in [6.07, 6.45) is -0.176. The third-order valence-corrected chi connectivity index (χ3v) is 5.71. The highest BCUT2D eigenvalue weighted by molar-refractivity contribution is 5.71. The number of carbonyl (C=O) groups is 2. The minimum absolute atomic E-state index is 0.0540. The molecule has 168 valence electrons. The van der Waals surface area contributed by atoms with E-state index in [1.54, 1.807) is 0 Å². The summed E-state index contributed by atoms with van der Waals surface area (Å²) < 4.78 is 10.3. The molecule has 2 N–H and O–H groups in total. The van der Waals surface area contributed by atoms with E-state index in [9.17, 15) is 19.8 Å². The Hall–Kier alpha value is -3.36. The zero-order valence-corrected chi connectivity index (χ0v) is 17.5. The van der Waals surface area contributed by atoms with Gasteiger partial charge in [0.05, 0.1) is 24.3 Å². The predicted molar refractivity (Wildman–Crippen MR) is 115 cm³/mol. The lowest BCUT2D eigenvalue weighted by Crippen LogP contribution is -2.42. The first-order chi connectivity index (χ1) is 15.5. The molecule has 2 aromatic rings. The molecule has 0 unspecified atom stereocenters. The first kappa shape index (κ1) is 21.9. The van der Waals surface area contributed by atoms with Gasteiger partial charge >= 0.3 is 12.2 Å². The molecule has 2 heterocycles. The van der Waals surface area contributed by atoms with Gasteiger partial charge in [-0.05, 0) is 11.1 Å². The first-order valence-electron chi connectivity index (χ1n) is 10.5. The predicted octanol–water partition coefficient (Wildman–Crippen LogP) is 2.31. The van der Waals surface area contributed by atoms with Crippen LogP contribution in [0.3, 0.4) is 0 Å². The van der Waals surface area contributed by atoms with Crippen LogP contribution in [-0.4, -0.2) is 69.7 Å². The number of nitrogens with zero attached hydrogens (tertiary/aromatic N) is 2. The summed E-state index contributed by atoms with van der Waals surface area (Å²) in [6.45, 7) is 0.734. The summed E-state index contributed by atoms with van der Waals surface area (Å²) in [5.74, 6) is 0. The second-order valence-corrected chi connectivity index (χ2v) is 7.88. The smallest absolute Gasteiger partial charge is 0.410 e. The third-order valence-electron chi connectivity index (χ3n) is 5.71. The fourth-order valence-electron chi connectivity index (χ4n) is 3.90. The fraction of sp³-hybridized carbons (Fsp3) is 0.333.